The molecule has 1 aromatic carbocycles. The van der Waals surface area contributed by atoms with Gasteiger partial charge >= 0.3 is 0 Å². The quantitative estimate of drug-likeness (QED) is 0.511. The largest absolute Gasteiger partial charge is 0.497 e. The zero-order valence-corrected chi connectivity index (χ0v) is 15.2. The van der Waals surface area contributed by atoms with E-state index in [0.717, 1.165) is 17.9 Å². The van der Waals surface area contributed by atoms with Crippen molar-refractivity contribution in [1.29, 1.82) is 0 Å². The Bertz CT molecular complexity index is 469. The summed E-state index contributed by atoms with van der Waals surface area (Å²) < 4.78 is 5.19. The van der Waals surface area contributed by atoms with Crippen molar-refractivity contribution in [2.24, 2.45) is 0 Å². The van der Waals surface area contributed by atoms with Gasteiger partial charge in [-0.2, -0.15) is 0 Å². The Hall–Kier alpha value is -1.59. The summed E-state index contributed by atoms with van der Waals surface area (Å²) in [5.74, 6) is 0.493. The van der Waals surface area contributed by atoms with Gasteiger partial charge in [0.05, 0.1) is 13.7 Å². The molecule has 0 heterocycles. The van der Waals surface area contributed by atoms with Gasteiger partial charge in [-0.25, -0.2) is 0 Å². The molecular weight excluding hydrogens is 316 g/mol. The monoisotopic (exact) mass is 342 g/mol. The molecule has 0 radical (unpaired) electrons. The minimum Gasteiger partial charge on any atom is -0.497 e. The lowest BCUT2D eigenvalue weighted by molar-refractivity contribution is -0.130. The topological polar surface area (TPSA) is 49.9 Å². The van der Waals surface area contributed by atoms with Crippen LogP contribution < -0.4 is 4.74 Å². The molecule has 0 saturated heterocycles. The SMILES string of the molecule is CC.COc1cccc(CN(C)CCN(CC=O)C(=O)CCl)c1. The molecule has 0 fully saturated rings. The third kappa shape index (κ3) is 8.57. The molecule has 0 aliphatic rings. The maximum atomic E-state index is 11.6. The van der Waals surface area contributed by atoms with Crippen molar-refractivity contribution in [3.63, 3.8) is 0 Å². The Labute approximate surface area is 144 Å². The number of alkyl halides is 1. The summed E-state index contributed by atoms with van der Waals surface area (Å²) in [5.41, 5.74) is 1.13. The molecule has 5 nitrogen and oxygen atoms in total. The van der Waals surface area contributed by atoms with Crippen LogP contribution in [0.25, 0.3) is 0 Å². The molecule has 0 unspecified atom stereocenters. The number of carbonyl (C=O) groups excluding carboxylic acids is 2. The van der Waals surface area contributed by atoms with E-state index in [1.165, 1.54) is 4.90 Å². The maximum Gasteiger partial charge on any atom is 0.237 e. The van der Waals surface area contributed by atoms with Crippen molar-refractivity contribution in [1.82, 2.24) is 9.80 Å². The third-order valence-electron chi connectivity index (χ3n) is 3.10. The molecule has 6 heteroatoms. The predicted octanol–water partition coefficient (Wildman–Crippen LogP) is 2.42. The molecule has 1 amide bonds. The van der Waals surface area contributed by atoms with Gasteiger partial charge in [-0.3, -0.25) is 4.79 Å². The van der Waals surface area contributed by atoms with Crippen molar-refractivity contribution in [3.8, 4) is 5.75 Å². The first kappa shape index (κ1) is 21.4. The number of rotatable bonds is 9. The predicted molar refractivity (Wildman–Crippen MR) is 94.0 cm³/mol. The number of methoxy groups -OCH3 is 1. The number of carbonyl (C=O) groups is 2. The minimum atomic E-state index is -0.224. The van der Waals surface area contributed by atoms with E-state index in [-0.39, 0.29) is 18.3 Å². The van der Waals surface area contributed by atoms with E-state index in [1.807, 2.05) is 45.2 Å². The summed E-state index contributed by atoms with van der Waals surface area (Å²) in [4.78, 5) is 25.7. The average molecular weight is 343 g/mol. The smallest absolute Gasteiger partial charge is 0.237 e. The first-order chi connectivity index (χ1) is 11.1. The lowest BCUT2D eigenvalue weighted by atomic mass is 10.2. The highest BCUT2D eigenvalue weighted by Gasteiger charge is 2.12. The van der Waals surface area contributed by atoms with Gasteiger partial charge in [0.2, 0.25) is 5.91 Å². The number of amides is 1. The summed E-state index contributed by atoms with van der Waals surface area (Å²) in [6.45, 7) is 5.96. The molecule has 1 rings (SSSR count). The molecule has 130 valence electrons. The fourth-order valence-corrected chi connectivity index (χ4v) is 2.11. The molecule has 0 aliphatic heterocycles. The normalized spacial score (nSPS) is 9.83. The Morgan fingerprint density at radius 2 is 2.00 bits per heavy atom. The number of hydrogen-bond donors (Lipinski definition) is 0. The number of hydrogen-bond acceptors (Lipinski definition) is 4. The van der Waals surface area contributed by atoms with Crippen LogP contribution in [-0.2, 0) is 16.1 Å². The highest BCUT2D eigenvalue weighted by atomic mass is 35.5. The lowest BCUT2D eigenvalue weighted by Crippen LogP contribution is -2.39. The van der Waals surface area contributed by atoms with E-state index >= 15 is 0 Å². The summed E-state index contributed by atoms with van der Waals surface area (Å²) in [5, 5.41) is 0. The fourth-order valence-electron chi connectivity index (χ4n) is 1.95. The number of nitrogens with zero attached hydrogens (tertiary/aromatic N) is 2. The van der Waals surface area contributed by atoms with E-state index in [2.05, 4.69) is 4.90 Å². The highest BCUT2D eigenvalue weighted by Crippen LogP contribution is 2.13. The molecule has 0 spiro atoms. The second-order valence-corrected chi connectivity index (χ2v) is 5.00. The first-order valence-corrected chi connectivity index (χ1v) is 8.23. The van der Waals surface area contributed by atoms with Gasteiger partial charge in [0.25, 0.3) is 0 Å². The van der Waals surface area contributed by atoms with Crippen LogP contribution in [0.15, 0.2) is 24.3 Å². The summed E-state index contributed by atoms with van der Waals surface area (Å²) in [6, 6.07) is 7.84. The van der Waals surface area contributed by atoms with E-state index < -0.39 is 0 Å². The van der Waals surface area contributed by atoms with Crippen molar-refractivity contribution in [2.75, 3.05) is 39.7 Å². The molecule has 0 bridgehead atoms. The first-order valence-electron chi connectivity index (χ1n) is 7.69. The van der Waals surface area contributed by atoms with E-state index in [9.17, 15) is 9.59 Å². The molecule has 0 saturated carbocycles. The van der Waals surface area contributed by atoms with E-state index in [0.29, 0.717) is 19.4 Å². The van der Waals surface area contributed by atoms with Gasteiger partial charge in [-0.1, -0.05) is 26.0 Å². The Balaban J connectivity index is 0.00000232. The molecule has 0 atom stereocenters. The van der Waals surface area contributed by atoms with Crippen LogP contribution in [0.2, 0.25) is 0 Å². The highest BCUT2D eigenvalue weighted by molar-refractivity contribution is 6.27. The molecule has 0 N–H and O–H groups in total. The second kappa shape index (κ2) is 12.9. The number of ether oxygens (including phenoxy) is 1. The standard InChI is InChI=1S/C15H21ClN2O3.C2H6/c1-17(6-7-18(8-9-19)15(20)11-16)12-13-4-3-5-14(10-13)21-2;1-2/h3-5,9-10H,6-8,11-12H2,1-2H3;1-2H3. The van der Waals surface area contributed by atoms with Crippen LogP contribution >= 0.6 is 11.6 Å². The number of likely N-dealkylation sites (N-methyl/N-ethyl adjacent to an activating group) is 1. The third-order valence-corrected chi connectivity index (χ3v) is 3.33. The van der Waals surface area contributed by atoms with Gasteiger partial charge in [0.1, 0.15) is 17.9 Å². The molecule has 23 heavy (non-hydrogen) atoms. The van der Waals surface area contributed by atoms with Crippen LogP contribution in [-0.4, -0.2) is 61.7 Å². The van der Waals surface area contributed by atoms with Crippen LogP contribution in [0.1, 0.15) is 19.4 Å². The summed E-state index contributed by atoms with van der Waals surface area (Å²) >= 11 is 5.53. The Morgan fingerprint density at radius 1 is 1.30 bits per heavy atom. The van der Waals surface area contributed by atoms with Gasteiger partial charge in [-0.05, 0) is 24.7 Å². The Morgan fingerprint density at radius 3 is 2.57 bits per heavy atom. The zero-order chi connectivity index (χ0) is 17.7. The number of benzene rings is 1. The van der Waals surface area contributed by atoms with Gasteiger partial charge < -0.3 is 19.3 Å². The average Bonchev–Trinajstić information content (AvgIpc) is 2.59. The van der Waals surface area contributed by atoms with Crippen molar-refractivity contribution < 1.29 is 14.3 Å². The molecule has 0 aromatic heterocycles. The summed E-state index contributed by atoms with van der Waals surface area (Å²) in [6.07, 6.45) is 0.715. The fraction of sp³-hybridized carbons (Fsp3) is 0.529. The van der Waals surface area contributed by atoms with Crippen molar-refractivity contribution in [2.45, 2.75) is 20.4 Å². The van der Waals surface area contributed by atoms with Gasteiger partial charge in [-0.15, -0.1) is 11.6 Å². The molecular formula is C17H27ClN2O3. The maximum absolute atomic E-state index is 11.6. The second-order valence-electron chi connectivity index (χ2n) is 4.73. The van der Waals surface area contributed by atoms with Crippen LogP contribution in [0.5, 0.6) is 5.75 Å². The number of halogens is 1. The van der Waals surface area contributed by atoms with Crippen LogP contribution in [0, 0.1) is 0 Å². The van der Waals surface area contributed by atoms with Gasteiger partial charge in [0.15, 0.2) is 0 Å². The van der Waals surface area contributed by atoms with Crippen LogP contribution in [0.3, 0.4) is 0 Å². The number of aldehydes is 1. The van der Waals surface area contributed by atoms with Crippen molar-refractivity contribution in [3.05, 3.63) is 29.8 Å². The van der Waals surface area contributed by atoms with E-state index in [1.54, 1.807) is 7.11 Å². The van der Waals surface area contributed by atoms with Crippen molar-refractivity contribution >= 4 is 23.8 Å². The Kier molecular flexibility index (Phi) is 12.0. The minimum absolute atomic E-state index is 0.0819. The van der Waals surface area contributed by atoms with Gasteiger partial charge in [0, 0.05) is 19.6 Å². The molecule has 1 aromatic rings. The summed E-state index contributed by atoms with van der Waals surface area (Å²) in [7, 11) is 3.60. The van der Waals surface area contributed by atoms with Crippen LogP contribution in [0.4, 0.5) is 0 Å². The lowest BCUT2D eigenvalue weighted by Gasteiger charge is -2.23. The molecule has 0 aliphatic carbocycles. The zero-order valence-electron chi connectivity index (χ0n) is 14.4. The van der Waals surface area contributed by atoms with E-state index in [4.69, 9.17) is 16.3 Å².